The van der Waals surface area contributed by atoms with Crippen molar-refractivity contribution in [3.63, 3.8) is 0 Å². The fourth-order valence-electron chi connectivity index (χ4n) is 3.05. The summed E-state index contributed by atoms with van der Waals surface area (Å²) in [7, 11) is 2.15. The molecule has 0 radical (unpaired) electrons. The number of carbonyl (C=O) groups is 1. The number of rotatable bonds is 2. The Kier molecular flexibility index (Phi) is 3.82. The molecule has 2 atom stereocenters. The maximum absolute atomic E-state index is 11.2. The smallest absolute Gasteiger partial charge is 0.320 e. The van der Waals surface area contributed by atoms with Gasteiger partial charge in [-0.2, -0.15) is 0 Å². The Labute approximate surface area is 97.2 Å². The molecule has 0 amide bonds. The lowest BCUT2D eigenvalue weighted by Gasteiger charge is -2.30. The SMILES string of the molecule is CN1CCCC(N2CCCC2C(=O)O)CC1. The third-order valence-electron chi connectivity index (χ3n) is 3.97. The van der Waals surface area contributed by atoms with E-state index in [2.05, 4.69) is 16.8 Å². The summed E-state index contributed by atoms with van der Waals surface area (Å²) >= 11 is 0. The highest BCUT2D eigenvalue weighted by Crippen LogP contribution is 2.25. The second kappa shape index (κ2) is 5.15. The molecule has 2 saturated heterocycles. The molecule has 2 fully saturated rings. The average Bonchev–Trinajstić information content (AvgIpc) is 2.63. The first-order chi connectivity index (χ1) is 7.68. The van der Waals surface area contributed by atoms with E-state index in [1.54, 1.807) is 0 Å². The van der Waals surface area contributed by atoms with Crippen LogP contribution in [0.2, 0.25) is 0 Å². The highest BCUT2D eigenvalue weighted by molar-refractivity contribution is 5.73. The van der Waals surface area contributed by atoms with Crippen molar-refractivity contribution in [1.29, 1.82) is 0 Å². The topological polar surface area (TPSA) is 43.8 Å². The highest BCUT2D eigenvalue weighted by atomic mass is 16.4. The predicted molar refractivity (Wildman–Crippen MR) is 62.5 cm³/mol. The van der Waals surface area contributed by atoms with Crippen molar-refractivity contribution in [2.75, 3.05) is 26.7 Å². The monoisotopic (exact) mass is 226 g/mol. The molecule has 1 N–H and O–H groups in total. The summed E-state index contributed by atoms with van der Waals surface area (Å²) in [6.45, 7) is 3.24. The normalized spacial score (nSPS) is 33.8. The lowest BCUT2D eigenvalue weighted by Crippen LogP contribution is -2.43. The van der Waals surface area contributed by atoms with E-state index in [0.29, 0.717) is 6.04 Å². The van der Waals surface area contributed by atoms with E-state index in [0.717, 1.165) is 45.3 Å². The standard InChI is InChI=1S/C12H22N2O2/c1-13-7-2-4-10(6-9-13)14-8-3-5-11(14)12(15)16/h10-11H,2-9H2,1H3,(H,15,16). The molecule has 2 unspecified atom stereocenters. The largest absolute Gasteiger partial charge is 0.480 e. The molecule has 2 aliphatic heterocycles. The molecule has 0 bridgehead atoms. The van der Waals surface area contributed by atoms with Crippen molar-refractivity contribution < 1.29 is 9.90 Å². The minimum Gasteiger partial charge on any atom is -0.480 e. The lowest BCUT2D eigenvalue weighted by atomic mass is 10.1. The minimum atomic E-state index is -0.630. The van der Waals surface area contributed by atoms with Gasteiger partial charge in [-0.25, -0.2) is 0 Å². The molecule has 0 aromatic heterocycles. The van der Waals surface area contributed by atoms with Crippen LogP contribution in [-0.2, 0) is 4.79 Å². The van der Waals surface area contributed by atoms with E-state index in [1.807, 2.05) is 0 Å². The van der Waals surface area contributed by atoms with Crippen LogP contribution in [0.3, 0.4) is 0 Å². The van der Waals surface area contributed by atoms with Crippen LogP contribution in [0.4, 0.5) is 0 Å². The Morgan fingerprint density at radius 2 is 1.88 bits per heavy atom. The molecule has 4 heteroatoms. The van der Waals surface area contributed by atoms with Crippen LogP contribution >= 0.6 is 0 Å². The molecular weight excluding hydrogens is 204 g/mol. The summed E-state index contributed by atoms with van der Waals surface area (Å²) in [5, 5.41) is 9.18. The fourth-order valence-corrected chi connectivity index (χ4v) is 3.05. The van der Waals surface area contributed by atoms with Crippen LogP contribution in [0.1, 0.15) is 32.1 Å². The van der Waals surface area contributed by atoms with E-state index < -0.39 is 5.97 Å². The first-order valence-electron chi connectivity index (χ1n) is 6.35. The zero-order chi connectivity index (χ0) is 11.5. The maximum Gasteiger partial charge on any atom is 0.320 e. The molecule has 0 spiro atoms. The number of aliphatic carboxylic acids is 1. The minimum absolute atomic E-state index is 0.214. The predicted octanol–water partition coefficient (Wildman–Crippen LogP) is 1.02. The Hall–Kier alpha value is -0.610. The molecule has 0 aromatic rings. The van der Waals surface area contributed by atoms with Crippen molar-refractivity contribution in [3.05, 3.63) is 0 Å². The van der Waals surface area contributed by atoms with E-state index in [9.17, 15) is 9.90 Å². The quantitative estimate of drug-likeness (QED) is 0.763. The van der Waals surface area contributed by atoms with Crippen LogP contribution in [-0.4, -0.2) is 59.6 Å². The maximum atomic E-state index is 11.2. The highest BCUT2D eigenvalue weighted by Gasteiger charge is 2.35. The molecule has 2 heterocycles. The van der Waals surface area contributed by atoms with Crippen LogP contribution in [0.25, 0.3) is 0 Å². The van der Waals surface area contributed by atoms with E-state index in [-0.39, 0.29) is 6.04 Å². The summed E-state index contributed by atoms with van der Waals surface area (Å²) in [5.41, 5.74) is 0. The molecule has 4 nitrogen and oxygen atoms in total. The van der Waals surface area contributed by atoms with Crippen molar-refractivity contribution in [2.24, 2.45) is 0 Å². The van der Waals surface area contributed by atoms with Gasteiger partial charge in [-0.3, -0.25) is 9.69 Å². The van der Waals surface area contributed by atoms with Crippen LogP contribution in [0, 0.1) is 0 Å². The van der Waals surface area contributed by atoms with Gasteiger partial charge in [0.2, 0.25) is 0 Å². The van der Waals surface area contributed by atoms with Gasteiger partial charge in [0.1, 0.15) is 6.04 Å². The second-order valence-electron chi connectivity index (χ2n) is 5.12. The number of hydrogen-bond donors (Lipinski definition) is 1. The lowest BCUT2D eigenvalue weighted by molar-refractivity contribution is -0.143. The van der Waals surface area contributed by atoms with Gasteiger partial charge in [-0.1, -0.05) is 0 Å². The van der Waals surface area contributed by atoms with E-state index in [4.69, 9.17) is 0 Å². The molecule has 0 aromatic carbocycles. The Morgan fingerprint density at radius 3 is 2.62 bits per heavy atom. The van der Waals surface area contributed by atoms with Crippen LogP contribution < -0.4 is 0 Å². The Balaban J connectivity index is 1.97. The van der Waals surface area contributed by atoms with Gasteiger partial charge < -0.3 is 10.0 Å². The zero-order valence-corrected chi connectivity index (χ0v) is 10.1. The third kappa shape index (κ3) is 2.55. The number of carboxylic acids is 1. The van der Waals surface area contributed by atoms with Crippen LogP contribution in [0.15, 0.2) is 0 Å². The van der Waals surface area contributed by atoms with Gasteiger partial charge in [0.15, 0.2) is 0 Å². The first-order valence-corrected chi connectivity index (χ1v) is 6.35. The summed E-state index contributed by atoms with van der Waals surface area (Å²) in [6.07, 6.45) is 5.36. The van der Waals surface area contributed by atoms with Crippen molar-refractivity contribution >= 4 is 5.97 Å². The van der Waals surface area contributed by atoms with Gasteiger partial charge in [-0.15, -0.1) is 0 Å². The number of nitrogens with zero attached hydrogens (tertiary/aromatic N) is 2. The summed E-state index contributed by atoms with van der Waals surface area (Å²) in [6, 6.07) is 0.280. The second-order valence-corrected chi connectivity index (χ2v) is 5.12. The zero-order valence-electron chi connectivity index (χ0n) is 10.1. The van der Waals surface area contributed by atoms with E-state index in [1.165, 1.54) is 6.42 Å². The first kappa shape index (κ1) is 11.9. The average molecular weight is 226 g/mol. The molecule has 2 rings (SSSR count). The third-order valence-corrected chi connectivity index (χ3v) is 3.97. The molecular formula is C12H22N2O2. The van der Waals surface area contributed by atoms with Gasteiger partial charge in [0, 0.05) is 6.04 Å². The van der Waals surface area contributed by atoms with Crippen LogP contribution in [0.5, 0.6) is 0 Å². The van der Waals surface area contributed by atoms with Crippen molar-refractivity contribution in [2.45, 2.75) is 44.2 Å². The summed E-state index contributed by atoms with van der Waals surface area (Å²) in [5.74, 6) is -0.630. The Bertz CT molecular complexity index is 257. The summed E-state index contributed by atoms with van der Waals surface area (Å²) < 4.78 is 0. The molecule has 16 heavy (non-hydrogen) atoms. The van der Waals surface area contributed by atoms with Gasteiger partial charge >= 0.3 is 5.97 Å². The number of likely N-dealkylation sites (tertiary alicyclic amines) is 2. The molecule has 0 saturated carbocycles. The molecule has 2 aliphatic rings. The molecule has 0 aliphatic carbocycles. The van der Waals surface area contributed by atoms with Gasteiger partial charge in [0.25, 0.3) is 0 Å². The van der Waals surface area contributed by atoms with E-state index >= 15 is 0 Å². The van der Waals surface area contributed by atoms with Crippen molar-refractivity contribution in [3.8, 4) is 0 Å². The summed E-state index contributed by atoms with van der Waals surface area (Å²) in [4.78, 5) is 15.7. The van der Waals surface area contributed by atoms with Gasteiger partial charge in [-0.05, 0) is 58.8 Å². The molecule has 92 valence electrons. The van der Waals surface area contributed by atoms with Gasteiger partial charge in [0.05, 0.1) is 0 Å². The number of hydrogen-bond acceptors (Lipinski definition) is 3. The fraction of sp³-hybridized carbons (Fsp3) is 0.917. The van der Waals surface area contributed by atoms with Crippen molar-refractivity contribution in [1.82, 2.24) is 9.80 Å². The Morgan fingerprint density at radius 1 is 1.12 bits per heavy atom. The number of carboxylic acid groups (broad SMARTS) is 1.